The van der Waals surface area contributed by atoms with Gasteiger partial charge in [-0.3, -0.25) is 9.69 Å². The summed E-state index contributed by atoms with van der Waals surface area (Å²) in [7, 11) is 0. The van der Waals surface area contributed by atoms with E-state index >= 15 is 0 Å². The SMILES string of the molecule is O=C(OCCc1c[nH]c(=O)c(C(F)(F)F)c1)N1CCN(c2ncc(C(F)(F)F)cn2)C[C@@H]1CO. The maximum absolute atomic E-state index is 12.8. The zero-order valence-electron chi connectivity index (χ0n) is 17.4. The van der Waals surface area contributed by atoms with Crippen molar-refractivity contribution in [2.24, 2.45) is 0 Å². The number of nitrogens with one attached hydrogen (secondary N) is 1. The van der Waals surface area contributed by atoms with Gasteiger partial charge in [-0.05, 0) is 11.6 Å². The second-order valence-electron chi connectivity index (χ2n) is 7.36. The summed E-state index contributed by atoms with van der Waals surface area (Å²) in [5, 5.41) is 9.66. The summed E-state index contributed by atoms with van der Waals surface area (Å²) < 4.78 is 81.6. The molecule has 1 aliphatic heterocycles. The first-order valence-electron chi connectivity index (χ1n) is 9.87. The monoisotopic (exact) mass is 495 g/mol. The molecule has 2 aromatic rings. The number of anilines is 1. The largest absolute Gasteiger partial charge is 0.449 e. The van der Waals surface area contributed by atoms with Crippen molar-refractivity contribution in [3.8, 4) is 0 Å². The number of aromatic amines is 1. The molecule has 0 spiro atoms. The first-order chi connectivity index (χ1) is 15.9. The minimum atomic E-state index is -4.83. The highest BCUT2D eigenvalue weighted by Gasteiger charge is 2.35. The lowest BCUT2D eigenvalue weighted by atomic mass is 10.1. The third-order valence-corrected chi connectivity index (χ3v) is 5.06. The van der Waals surface area contributed by atoms with Crippen LogP contribution in [0.3, 0.4) is 0 Å². The quantitative estimate of drug-likeness (QED) is 0.611. The van der Waals surface area contributed by atoms with Gasteiger partial charge in [-0.1, -0.05) is 0 Å². The zero-order valence-corrected chi connectivity index (χ0v) is 17.4. The van der Waals surface area contributed by atoms with E-state index in [0.29, 0.717) is 18.5 Å². The molecule has 2 aromatic heterocycles. The van der Waals surface area contributed by atoms with Gasteiger partial charge in [0, 0.05) is 44.6 Å². The van der Waals surface area contributed by atoms with Crippen LogP contribution in [-0.4, -0.2) is 69.9 Å². The molecule has 0 aliphatic carbocycles. The minimum absolute atomic E-state index is 0.00185. The molecule has 0 unspecified atom stereocenters. The highest BCUT2D eigenvalue weighted by atomic mass is 19.4. The number of ether oxygens (including phenoxy) is 1. The van der Waals surface area contributed by atoms with Crippen LogP contribution < -0.4 is 10.5 Å². The molecule has 0 aromatic carbocycles. The first-order valence-corrected chi connectivity index (χ1v) is 9.87. The fourth-order valence-corrected chi connectivity index (χ4v) is 3.29. The maximum Gasteiger partial charge on any atom is 0.421 e. The zero-order chi connectivity index (χ0) is 25.1. The Hall–Kier alpha value is -3.36. The van der Waals surface area contributed by atoms with E-state index in [2.05, 4.69) is 9.97 Å². The van der Waals surface area contributed by atoms with E-state index in [4.69, 9.17) is 4.74 Å². The molecule has 34 heavy (non-hydrogen) atoms. The number of carbonyl (C=O) groups is 1. The minimum Gasteiger partial charge on any atom is -0.449 e. The summed E-state index contributed by atoms with van der Waals surface area (Å²) in [5.74, 6) is -0.00185. The number of halogens is 6. The second kappa shape index (κ2) is 9.87. The summed E-state index contributed by atoms with van der Waals surface area (Å²) in [6, 6.07) is -0.108. The molecular formula is C19H19F6N5O4. The van der Waals surface area contributed by atoms with E-state index in [1.165, 1.54) is 9.80 Å². The van der Waals surface area contributed by atoms with Crippen LogP contribution in [0.5, 0.6) is 0 Å². The third kappa shape index (κ3) is 5.95. The van der Waals surface area contributed by atoms with Gasteiger partial charge in [0.1, 0.15) is 5.56 Å². The number of pyridine rings is 1. The Morgan fingerprint density at radius 3 is 2.41 bits per heavy atom. The Bertz CT molecular complexity index is 1060. The van der Waals surface area contributed by atoms with E-state index in [1.54, 1.807) is 0 Å². The van der Waals surface area contributed by atoms with Crippen LogP contribution in [-0.2, 0) is 23.5 Å². The molecule has 0 bridgehead atoms. The third-order valence-electron chi connectivity index (χ3n) is 5.06. The average molecular weight is 495 g/mol. The van der Waals surface area contributed by atoms with Gasteiger partial charge in [-0.15, -0.1) is 0 Å². The molecule has 3 rings (SSSR count). The predicted molar refractivity (Wildman–Crippen MR) is 104 cm³/mol. The number of carbonyl (C=O) groups excluding carboxylic acids is 1. The molecule has 1 amide bonds. The molecule has 1 atom stereocenters. The van der Waals surface area contributed by atoms with Gasteiger partial charge in [0.25, 0.3) is 5.56 Å². The number of piperazine rings is 1. The number of nitrogens with zero attached hydrogens (tertiary/aromatic N) is 4. The molecule has 1 fully saturated rings. The molecular weight excluding hydrogens is 476 g/mol. The smallest absolute Gasteiger partial charge is 0.421 e. The Kier molecular flexibility index (Phi) is 7.33. The molecule has 1 saturated heterocycles. The van der Waals surface area contributed by atoms with Gasteiger partial charge >= 0.3 is 18.4 Å². The lowest BCUT2D eigenvalue weighted by Gasteiger charge is -2.39. The summed E-state index contributed by atoms with van der Waals surface area (Å²) >= 11 is 0. The van der Waals surface area contributed by atoms with Gasteiger partial charge in [-0.2, -0.15) is 26.3 Å². The fraction of sp³-hybridized carbons (Fsp3) is 0.474. The Balaban J connectivity index is 1.57. The van der Waals surface area contributed by atoms with Gasteiger partial charge in [0.05, 0.1) is 24.8 Å². The summed E-state index contributed by atoms with van der Waals surface area (Å²) in [6.07, 6.45) is -7.98. The molecule has 186 valence electrons. The summed E-state index contributed by atoms with van der Waals surface area (Å²) in [4.78, 5) is 35.8. The highest BCUT2D eigenvalue weighted by molar-refractivity contribution is 5.68. The normalized spacial score (nSPS) is 17.1. The van der Waals surface area contributed by atoms with E-state index < -0.39 is 47.8 Å². The molecule has 9 nitrogen and oxygen atoms in total. The number of hydrogen-bond acceptors (Lipinski definition) is 7. The van der Waals surface area contributed by atoms with Gasteiger partial charge in [0.2, 0.25) is 5.95 Å². The second-order valence-corrected chi connectivity index (χ2v) is 7.36. The van der Waals surface area contributed by atoms with Crippen molar-refractivity contribution in [1.29, 1.82) is 0 Å². The van der Waals surface area contributed by atoms with Crippen LogP contribution in [0.4, 0.5) is 37.1 Å². The number of aromatic nitrogens is 3. The Morgan fingerprint density at radius 2 is 1.82 bits per heavy atom. The number of aliphatic hydroxyl groups is 1. The van der Waals surface area contributed by atoms with Crippen molar-refractivity contribution in [2.45, 2.75) is 24.8 Å². The number of aliphatic hydroxyl groups excluding tert-OH is 1. The summed E-state index contributed by atoms with van der Waals surface area (Å²) in [5.41, 5.74) is -3.56. The fourth-order valence-electron chi connectivity index (χ4n) is 3.29. The van der Waals surface area contributed by atoms with Crippen LogP contribution in [0, 0.1) is 0 Å². The molecule has 0 saturated carbocycles. The van der Waals surface area contributed by atoms with E-state index in [-0.39, 0.29) is 44.2 Å². The lowest BCUT2D eigenvalue weighted by molar-refractivity contribution is -0.139. The number of amides is 1. The van der Waals surface area contributed by atoms with Gasteiger partial charge in [-0.25, -0.2) is 14.8 Å². The van der Waals surface area contributed by atoms with Crippen LogP contribution in [0.2, 0.25) is 0 Å². The molecule has 2 N–H and O–H groups in total. The molecule has 1 aliphatic rings. The maximum atomic E-state index is 12.8. The summed E-state index contributed by atoms with van der Waals surface area (Å²) in [6.45, 7) is -0.577. The average Bonchev–Trinajstić information content (AvgIpc) is 2.78. The van der Waals surface area contributed by atoms with Gasteiger partial charge < -0.3 is 19.7 Å². The van der Waals surface area contributed by atoms with Crippen molar-refractivity contribution in [2.75, 3.05) is 37.7 Å². The van der Waals surface area contributed by atoms with Crippen molar-refractivity contribution in [3.63, 3.8) is 0 Å². The first kappa shape index (κ1) is 25.3. The topological polar surface area (TPSA) is 112 Å². The number of H-pyrrole nitrogens is 1. The molecule has 15 heteroatoms. The number of rotatable bonds is 5. The highest BCUT2D eigenvalue weighted by Crippen LogP contribution is 2.29. The van der Waals surface area contributed by atoms with E-state index in [1.807, 2.05) is 4.98 Å². The van der Waals surface area contributed by atoms with Crippen molar-refractivity contribution < 1.29 is 41.0 Å². The van der Waals surface area contributed by atoms with Crippen molar-refractivity contribution >= 4 is 12.0 Å². The van der Waals surface area contributed by atoms with Crippen LogP contribution in [0.15, 0.2) is 29.5 Å². The van der Waals surface area contributed by atoms with Gasteiger partial charge in [0.15, 0.2) is 0 Å². The Labute approximate surface area is 188 Å². The van der Waals surface area contributed by atoms with Crippen LogP contribution in [0.25, 0.3) is 0 Å². The Morgan fingerprint density at radius 1 is 1.15 bits per heavy atom. The standard InChI is InChI=1S/C19H19F6N5O4/c20-18(21,22)12-7-27-16(28-8-12)29-2-3-30(13(9-29)10-31)17(33)34-4-1-11-5-14(19(23,24)25)15(32)26-6-11/h5-8,13,31H,1-4,9-10H2,(H,26,32)/t13-/m1/s1. The molecule has 0 radical (unpaired) electrons. The van der Waals surface area contributed by atoms with Crippen LogP contribution in [0.1, 0.15) is 16.7 Å². The van der Waals surface area contributed by atoms with Crippen LogP contribution >= 0.6 is 0 Å². The van der Waals surface area contributed by atoms with Crippen molar-refractivity contribution in [3.05, 3.63) is 51.7 Å². The van der Waals surface area contributed by atoms with E-state index in [0.717, 1.165) is 6.20 Å². The number of alkyl halides is 6. The molecule has 3 heterocycles. The number of hydrogen-bond donors (Lipinski definition) is 2. The lowest BCUT2D eigenvalue weighted by Crippen LogP contribution is -2.57. The predicted octanol–water partition coefficient (Wildman–Crippen LogP) is 2.06. The van der Waals surface area contributed by atoms with E-state index in [9.17, 15) is 41.0 Å². The van der Waals surface area contributed by atoms with Crippen molar-refractivity contribution in [1.82, 2.24) is 19.9 Å².